The molecule has 0 radical (unpaired) electrons. The number of halogens is 2. The Morgan fingerprint density at radius 2 is 2.22 bits per heavy atom. The predicted molar refractivity (Wildman–Crippen MR) is 142 cm³/mol. The second-order valence-electron chi connectivity index (χ2n) is 8.55. The van der Waals surface area contributed by atoms with Gasteiger partial charge in [-0.2, -0.15) is 0 Å². The molecule has 2 aromatic heterocycles. The smallest absolute Gasteiger partial charge is 0.341 e. The topological polar surface area (TPSA) is 95.3 Å². The molecule has 1 amide bonds. The van der Waals surface area contributed by atoms with Gasteiger partial charge in [-0.3, -0.25) is 9.36 Å². The normalized spacial score (nSPS) is 14.6. The number of allylic oxidation sites excluding steroid dienone is 1. The van der Waals surface area contributed by atoms with Crippen LogP contribution in [0.15, 0.2) is 36.0 Å². The van der Waals surface area contributed by atoms with E-state index < -0.39 is 11.8 Å². The Labute approximate surface area is 227 Å². The minimum Gasteiger partial charge on any atom is -0.484 e. The highest BCUT2D eigenvalue weighted by Crippen LogP contribution is 2.40. The van der Waals surface area contributed by atoms with E-state index in [1.54, 1.807) is 10.6 Å². The lowest BCUT2D eigenvalue weighted by Gasteiger charge is -2.18. The van der Waals surface area contributed by atoms with Crippen molar-refractivity contribution in [1.29, 1.82) is 0 Å². The van der Waals surface area contributed by atoms with Crippen molar-refractivity contribution in [3.8, 4) is 5.75 Å². The number of rotatable bonds is 10. The second-order valence-corrected chi connectivity index (χ2v) is 11.0. The fourth-order valence-corrected chi connectivity index (χ4v) is 6.43. The molecule has 1 aromatic carbocycles. The van der Waals surface area contributed by atoms with Gasteiger partial charge in [0.05, 0.1) is 23.4 Å². The van der Waals surface area contributed by atoms with Gasteiger partial charge in [0.2, 0.25) is 5.91 Å². The van der Waals surface area contributed by atoms with Crippen LogP contribution in [0.5, 0.6) is 5.75 Å². The molecule has 1 atom stereocenters. The van der Waals surface area contributed by atoms with Gasteiger partial charge in [-0.1, -0.05) is 36.4 Å². The molecule has 0 aliphatic heterocycles. The molecule has 1 aliphatic rings. The van der Waals surface area contributed by atoms with Crippen molar-refractivity contribution >= 4 is 51.6 Å². The summed E-state index contributed by atoms with van der Waals surface area (Å²) in [5.41, 5.74) is 1.44. The Hall–Kier alpha value is -2.89. The monoisotopic (exact) mass is 564 g/mol. The number of hydrogen-bond donors (Lipinski definition) is 1. The molecule has 1 aliphatic carbocycles. The number of hydrogen-bond acceptors (Lipinski definition) is 8. The van der Waals surface area contributed by atoms with E-state index in [-0.39, 0.29) is 23.3 Å². The van der Waals surface area contributed by atoms with Crippen molar-refractivity contribution < 1.29 is 23.5 Å². The molecular weight excluding hydrogens is 539 g/mol. The van der Waals surface area contributed by atoms with E-state index in [9.17, 15) is 14.0 Å². The van der Waals surface area contributed by atoms with Crippen LogP contribution < -0.4 is 10.1 Å². The highest BCUT2D eigenvalue weighted by Gasteiger charge is 2.29. The van der Waals surface area contributed by atoms with E-state index in [4.69, 9.17) is 21.1 Å². The molecule has 0 saturated heterocycles. The van der Waals surface area contributed by atoms with E-state index in [1.165, 1.54) is 48.4 Å². The summed E-state index contributed by atoms with van der Waals surface area (Å²) in [5, 5.41) is 12.4. The third-order valence-corrected chi connectivity index (χ3v) is 8.27. The van der Waals surface area contributed by atoms with Crippen molar-refractivity contribution in [3.05, 3.63) is 63.5 Å². The average molecular weight is 565 g/mol. The molecule has 8 nitrogen and oxygen atoms in total. The van der Waals surface area contributed by atoms with Crippen molar-refractivity contribution in [1.82, 2.24) is 14.8 Å². The lowest BCUT2D eigenvalue weighted by molar-refractivity contribution is -0.113. The number of amides is 1. The molecule has 4 rings (SSSR count). The number of fused-ring (bicyclic) bond motifs is 1. The summed E-state index contributed by atoms with van der Waals surface area (Å²) >= 11 is 8.68. The van der Waals surface area contributed by atoms with Crippen molar-refractivity contribution in [2.45, 2.75) is 44.5 Å². The van der Waals surface area contributed by atoms with Crippen LogP contribution >= 0.6 is 34.7 Å². The van der Waals surface area contributed by atoms with Gasteiger partial charge in [0, 0.05) is 11.4 Å². The lowest BCUT2D eigenvalue weighted by atomic mass is 9.88. The number of methoxy groups -OCH3 is 1. The van der Waals surface area contributed by atoms with E-state index in [2.05, 4.69) is 29.0 Å². The van der Waals surface area contributed by atoms with Crippen LogP contribution in [0.25, 0.3) is 0 Å². The summed E-state index contributed by atoms with van der Waals surface area (Å²) in [6.45, 7) is 6.39. The summed E-state index contributed by atoms with van der Waals surface area (Å²) in [4.78, 5) is 26.5. The minimum absolute atomic E-state index is 0.0423. The largest absolute Gasteiger partial charge is 0.484 e. The standard InChI is InChI=1S/C25H26ClFN4O4S2/c1-4-9-31-20(12-35-18-8-6-15(27)11-17(18)26)29-30-25(31)36-13-21(32)28-23-22(24(33)34-3)16-7-5-14(2)10-19(16)37-23/h4,6,8,11,14H,1,5,7,9-10,12-13H2,2-3H3,(H,28,32). The Bertz CT molecular complexity index is 1330. The molecule has 12 heteroatoms. The van der Waals surface area contributed by atoms with E-state index in [0.29, 0.717) is 39.8 Å². The average Bonchev–Trinajstić information content (AvgIpc) is 3.41. The van der Waals surface area contributed by atoms with Crippen molar-refractivity contribution in [3.63, 3.8) is 0 Å². The van der Waals surface area contributed by atoms with E-state index in [1.807, 2.05) is 0 Å². The first-order valence-electron chi connectivity index (χ1n) is 11.6. The molecule has 0 saturated carbocycles. The van der Waals surface area contributed by atoms with Gasteiger partial charge in [-0.15, -0.1) is 28.1 Å². The summed E-state index contributed by atoms with van der Waals surface area (Å²) in [7, 11) is 1.34. The van der Waals surface area contributed by atoms with Crippen molar-refractivity contribution in [2.24, 2.45) is 5.92 Å². The summed E-state index contributed by atoms with van der Waals surface area (Å²) < 4.78 is 25.7. The SMILES string of the molecule is C=CCn1c(COc2ccc(F)cc2Cl)nnc1SCC(=O)Nc1sc2c(c1C(=O)OC)CCC(C)C2. The maximum atomic E-state index is 13.3. The first-order valence-corrected chi connectivity index (χ1v) is 13.7. The summed E-state index contributed by atoms with van der Waals surface area (Å²) in [6, 6.07) is 3.87. The highest BCUT2D eigenvalue weighted by atomic mass is 35.5. The first-order chi connectivity index (χ1) is 17.8. The quantitative estimate of drug-likeness (QED) is 0.196. The number of anilines is 1. The van der Waals surface area contributed by atoms with Gasteiger partial charge in [0.1, 0.15) is 23.2 Å². The zero-order valence-electron chi connectivity index (χ0n) is 20.4. The van der Waals surface area contributed by atoms with Crippen LogP contribution in [-0.2, 0) is 35.5 Å². The highest BCUT2D eigenvalue weighted by molar-refractivity contribution is 7.99. The zero-order valence-corrected chi connectivity index (χ0v) is 22.8. The van der Waals surface area contributed by atoms with Crippen LogP contribution in [0.2, 0.25) is 5.02 Å². The first kappa shape index (κ1) is 27.2. The third kappa shape index (κ3) is 6.34. The summed E-state index contributed by atoms with van der Waals surface area (Å²) in [6.07, 6.45) is 4.35. The second kappa shape index (κ2) is 12.1. The third-order valence-electron chi connectivity index (χ3n) is 5.84. The Morgan fingerprint density at radius 3 is 2.95 bits per heavy atom. The number of thiophene rings is 1. The Kier molecular flexibility index (Phi) is 8.88. The number of carbonyl (C=O) groups excluding carboxylic acids is 2. The van der Waals surface area contributed by atoms with Crippen LogP contribution in [0, 0.1) is 11.7 Å². The molecular formula is C25H26ClFN4O4S2. The lowest BCUT2D eigenvalue weighted by Crippen LogP contribution is -2.17. The molecule has 2 heterocycles. The van der Waals surface area contributed by atoms with Gasteiger partial charge >= 0.3 is 5.97 Å². The molecule has 0 bridgehead atoms. The zero-order chi connectivity index (χ0) is 26.5. The Morgan fingerprint density at radius 1 is 1.41 bits per heavy atom. The van der Waals surface area contributed by atoms with E-state index >= 15 is 0 Å². The van der Waals surface area contributed by atoms with Crippen LogP contribution in [0.1, 0.15) is 40.0 Å². The number of nitrogens with zero attached hydrogens (tertiary/aromatic N) is 3. The molecule has 1 N–H and O–H groups in total. The number of thioether (sulfide) groups is 1. The van der Waals surface area contributed by atoms with Gasteiger partial charge in [0.25, 0.3) is 0 Å². The van der Waals surface area contributed by atoms with Crippen LogP contribution in [0.4, 0.5) is 9.39 Å². The summed E-state index contributed by atoms with van der Waals surface area (Å²) in [5.74, 6) is 0.233. The molecule has 1 unspecified atom stereocenters. The van der Waals surface area contributed by atoms with Gasteiger partial charge in [-0.25, -0.2) is 9.18 Å². The number of carbonyl (C=O) groups is 2. The minimum atomic E-state index is -0.458. The van der Waals surface area contributed by atoms with Gasteiger partial charge in [0.15, 0.2) is 11.0 Å². The molecule has 196 valence electrons. The maximum Gasteiger partial charge on any atom is 0.341 e. The van der Waals surface area contributed by atoms with Crippen LogP contribution in [0.3, 0.4) is 0 Å². The number of benzene rings is 1. The fraction of sp³-hybridized carbons (Fsp3) is 0.360. The Balaban J connectivity index is 1.43. The predicted octanol–water partition coefficient (Wildman–Crippen LogP) is 5.54. The number of nitrogens with one attached hydrogen (secondary N) is 1. The fourth-order valence-electron chi connectivity index (χ4n) is 4.03. The number of aromatic nitrogens is 3. The molecule has 3 aromatic rings. The maximum absolute atomic E-state index is 13.3. The van der Waals surface area contributed by atoms with Gasteiger partial charge < -0.3 is 14.8 Å². The number of ether oxygens (including phenoxy) is 2. The molecule has 0 fully saturated rings. The molecule has 0 spiro atoms. The van der Waals surface area contributed by atoms with Crippen LogP contribution in [-0.4, -0.2) is 39.5 Å². The van der Waals surface area contributed by atoms with E-state index in [0.717, 1.165) is 29.7 Å². The number of esters is 1. The molecule has 37 heavy (non-hydrogen) atoms. The van der Waals surface area contributed by atoms with Gasteiger partial charge in [-0.05, 0) is 48.9 Å². The van der Waals surface area contributed by atoms with Crippen molar-refractivity contribution in [2.75, 3.05) is 18.2 Å².